The summed E-state index contributed by atoms with van der Waals surface area (Å²) in [5, 5.41) is 18.9. The van der Waals surface area contributed by atoms with Crippen LogP contribution >= 0.6 is 0 Å². The van der Waals surface area contributed by atoms with Gasteiger partial charge in [0.05, 0.1) is 23.3 Å². The van der Waals surface area contributed by atoms with Gasteiger partial charge in [0.1, 0.15) is 11.4 Å². The molecule has 0 aliphatic heterocycles. The Labute approximate surface area is 223 Å². The molecule has 0 fully saturated rings. The van der Waals surface area contributed by atoms with Gasteiger partial charge in [-0.3, -0.25) is 14.6 Å². The van der Waals surface area contributed by atoms with Crippen LogP contribution in [0.5, 0.6) is 0 Å². The molecule has 12 nitrogen and oxygen atoms in total. The van der Waals surface area contributed by atoms with Gasteiger partial charge >= 0.3 is 11.7 Å². The van der Waals surface area contributed by atoms with E-state index < -0.39 is 35.4 Å². The summed E-state index contributed by atoms with van der Waals surface area (Å²) in [5.74, 6) is -3.67. The van der Waals surface area contributed by atoms with Gasteiger partial charge in [0.25, 0.3) is 11.8 Å². The first kappa shape index (κ1) is 25.0. The van der Waals surface area contributed by atoms with Crippen LogP contribution in [0.25, 0.3) is 16.7 Å². The van der Waals surface area contributed by atoms with Crippen molar-refractivity contribution in [2.75, 3.05) is 0 Å². The quantitative estimate of drug-likeness (QED) is 0.253. The number of oxazole rings is 1. The van der Waals surface area contributed by atoms with Crippen LogP contribution in [0.4, 0.5) is 4.39 Å². The fraction of sp³-hybridized carbons (Fsp3) is 0.185. The predicted molar refractivity (Wildman–Crippen MR) is 138 cm³/mol. The van der Waals surface area contributed by atoms with E-state index in [1.807, 2.05) is 0 Å². The van der Waals surface area contributed by atoms with Crippen LogP contribution in [0.15, 0.2) is 51.8 Å². The van der Waals surface area contributed by atoms with Crippen LogP contribution in [0.2, 0.25) is 0 Å². The van der Waals surface area contributed by atoms with E-state index in [9.17, 15) is 28.7 Å². The number of nitrogens with zero attached hydrogens (tertiary/aromatic N) is 3. The van der Waals surface area contributed by atoms with E-state index in [0.29, 0.717) is 35.1 Å². The molecule has 5 aromatic rings. The predicted octanol–water partition coefficient (Wildman–Crippen LogP) is 2.66. The van der Waals surface area contributed by atoms with Crippen LogP contribution in [0.1, 0.15) is 66.1 Å². The number of aromatic amines is 1. The zero-order chi connectivity index (χ0) is 28.1. The number of amides is 2. The fourth-order valence-electron chi connectivity index (χ4n) is 5.09. The zero-order valence-corrected chi connectivity index (χ0v) is 20.9. The summed E-state index contributed by atoms with van der Waals surface area (Å²) >= 11 is 0. The number of nitrogens with one attached hydrogen (secondary N) is 3. The Morgan fingerprint density at radius 3 is 2.83 bits per heavy atom. The summed E-state index contributed by atoms with van der Waals surface area (Å²) in [7, 11) is 0. The molecule has 13 heteroatoms. The number of carboxylic acids is 1. The van der Waals surface area contributed by atoms with Gasteiger partial charge in [-0.25, -0.2) is 23.5 Å². The van der Waals surface area contributed by atoms with Crippen molar-refractivity contribution in [2.45, 2.75) is 32.4 Å². The van der Waals surface area contributed by atoms with Gasteiger partial charge in [0, 0.05) is 12.6 Å². The zero-order valence-electron chi connectivity index (χ0n) is 20.9. The molecule has 2 aromatic carbocycles. The van der Waals surface area contributed by atoms with Crippen molar-refractivity contribution in [1.29, 1.82) is 0 Å². The van der Waals surface area contributed by atoms with E-state index in [-0.39, 0.29) is 29.1 Å². The lowest BCUT2D eigenvalue weighted by atomic mass is 9.98. The summed E-state index contributed by atoms with van der Waals surface area (Å²) in [5.41, 5.74) is 3.47. The maximum atomic E-state index is 14.5. The van der Waals surface area contributed by atoms with E-state index in [4.69, 9.17) is 4.42 Å². The summed E-state index contributed by atoms with van der Waals surface area (Å²) in [6, 6.07) is 8.94. The Balaban J connectivity index is 1.25. The number of hydrogen-bond donors (Lipinski definition) is 4. The number of carbonyl (C=O) groups excluding carboxylic acids is 2. The fourth-order valence-corrected chi connectivity index (χ4v) is 5.09. The van der Waals surface area contributed by atoms with Gasteiger partial charge < -0.3 is 20.2 Å². The standard InChI is InChI=1S/C27H21FN6O6/c1-12-14-5-6-18(16(14)4-3-15(12)26(37)38)32-25(36)21-9-20(31-23-17(28)11-30-34(21)23)24(35)29-10-13-2-7-22-19(8-13)33-27(39)40-22/h2-4,7-9,11,18H,5-6,10H2,1H3,(H,29,35)(H,32,36)(H,33,39)(H,37,38)/t18-/m0/s1. The molecule has 1 atom stereocenters. The monoisotopic (exact) mass is 544 g/mol. The van der Waals surface area contributed by atoms with Crippen LogP contribution in [0.3, 0.4) is 0 Å². The molecule has 3 aromatic heterocycles. The molecule has 1 aliphatic rings. The lowest BCUT2D eigenvalue weighted by Gasteiger charge is -2.16. The van der Waals surface area contributed by atoms with Crippen molar-refractivity contribution in [3.63, 3.8) is 0 Å². The number of hydrogen-bond acceptors (Lipinski definition) is 7. The number of benzene rings is 2. The summed E-state index contributed by atoms with van der Waals surface area (Å²) < 4.78 is 20.5. The lowest BCUT2D eigenvalue weighted by Crippen LogP contribution is -2.30. The highest BCUT2D eigenvalue weighted by Gasteiger charge is 2.29. The molecule has 0 saturated carbocycles. The molecule has 0 radical (unpaired) electrons. The van der Waals surface area contributed by atoms with Crippen LogP contribution in [-0.4, -0.2) is 42.5 Å². The van der Waals surface area contributed by atoms with Gasteiger partial charge in [-0.15, -0.1) is 0 Å². The maximum absolute atomic E-state index is 14.5. The van der Waals surface area contributed by atoms with Gasteiger partial charge in [0.15, 0.2) is 17.0 Å². The van der Waals surface area contributed by atoms with E-state index in [1.54, 1.807) is 31.2 Å². The Morgan fingerprint density at radius 2 is 2.02 bits per heavy atom. The van der Waals surface area contributed by atoms with Crippen LogP contribution < -0.4 is 16.4 Å². The number of halogens is 1. The second kappa shape index (κ2) is 9.45. The van der Waals surface area contributed by atoms with Crippen LogP contribution in [-0.2, 0) is 13.0 Å². The minimum absolute atomic E-state index is 0.0641. The molecule has 0 saturated heterocycles. The molecule has 4 N–H and O–H groups in total. The van der Waals surface area contributed by atoms with Crippen molar-refractivity contribution in [2.24, 2.45) is 0 Å². The Morgan fingerprint density at radius 1 is 1.20 bits per heavy atom. The number of rotatable bonds is 6. The molecule has 1 aliphatic carbocycles. The minimum Gasteiger partial charge on any atom is -0.478 e. The normalized spacial score (nSPS) is 14.4. The highest BCUT2D eigenvalue weighted by Crippen LogP contribution is 2.35. The molecule has 0 unspecified atom stereocenters. The lowest BCUT2D eigenvalue weighted by molar-refractivity contribution is 0.0695. The molecule has 3 heterocycles. The van der Waals surface area contributed by atoms with E-state index >= 15 is 0 Å². The third-order valence-electron chi connectivity index (χ3n) is 7.06. The van der Waals surface area contributed by atoms with Gasteiger partial charge in [-0.1, -0.05) is 12.1 Å². The average Bonchev–Trinajstić information content (AvgIpc) is 3.62. The number of H-pyrrole nitrogens is 1. The third-order valence-corrected chi connectivity index (χ3v) is 7.06. The summed E-state index contributed by atoms with van der Waals surface area (Å²) in [6.07, 6.45) is 2.04. The maximum Gasteiger partial charge on any atom is 0.417 e. The first-order valence-corrected chi connectivity index (χ1v) is 12.3. The first-order chi connectivity index (χ1) is 19.2. The SMILES string of the molecule is Cc1c(C(=O)O)ccc2c1CC[C@@H]2NC(=O)c1cc(C(=O)NCc2ccc3oc(=O)[nH]c3c2)nc2c(F)cnn12. The minimum atomic E-state index is -1.02. The van der Waals surface area contributed by atoms with Crippen molar-refractivity contribution in [3.05, 3.63) is 98.2 Å². The number of carboxylic acid groups (broad SMARTS) is 1. The van der Waals surface area contributed by atoms with Crippen molar-refractivity contribution in [1.82, 2.24) is 30.2 Å². The Hall–Kier alpha value is -5.33. The molecular formula is C27H21FN6O6. The first-order valence-electron chi connectivity index (χ1n) is 12.3. The summed E-state index contributed by atoms with van der Waals surface area (Å²) in [6.45, 7) is 1.80. The number of aromatic nitrogens is 4. The third kappa shape index (κ3) is 4.26. The van der Waals surface area contributed by atoms with Gasteiger partial charge in [-0.05, 0) is 60.2 Å². The van der Waals surface area contributed by atoms with E-state index in [1.165, 1.54) is 12.1 Å². The molecule has 40 heavy (non-hydrogen) atoms. The topological polar surface area (TPSA) is 172 Å². The number of fused-ring (bicyclic) bond motifs is 3. The molecular weight excluding hydrogens is 523 g/mol. The average molecular weight is 544 g/mol. The van der Waals surface area contributed by atoms with Crippen molar-refractivity contribution >= 4 is 34.5 Å². The Bertz CT molecular complexity index is 1920. The van der Waals surface area contributed by atoms with Crippen molar-refractivity contribution in [3.8, 4) is 0 Å². The van der Waals surface area contributed by atoms with E-state index in [2.05, 4.69) is 25.7 Å². The Kier molecular flexibility index (Phi) is 5.90. The number of aromatic carboxylic acids is 1. The van der Waals surface area contributed by atoms with E-state index in [0.717, 1.165) is 21.8 Å². The smallest absolute Gasteiger partial charge is 0.417 e. The van der Waals surface area contributed by atoms with Gasteiger partial charge in [0.2, 0.25) is 0 Å². The molecule has 202 valence electrons. The second-order valence-corrected chi connectivity index (χ2v) is 9.46. The highest BCUT2D eigenvalue weighted by molar-refractivity contribution is 5.98. The van der Waals surface area contributed by atoms with Crippen LogP contribution in [0, 0.1) is 12.7 Å². The second-order valence-electron chi connectivity index (χ2n) is 9.46. The highest BCUT2D eigenvalue weighted by atomic mass is 19.1. The van der Waals surface area contributed by atoms with Crippen molar-refractivity contribution < 1.29 is 28.3 Å². The summed E-state index contributed by atoms with van der Waals surface area (Å²) in [4.78, 5) is 55.9. The largest absolute Gasteiger partial charge is 0.478 e. The van der Waals surface area contributed by atoms with Gasteiger partial charge in [-0.2, -0.15) is 5.10 Å². The number of carbonyl (C=O) groups is 3. The molecule has 6 rings (SSSR count). The molecule has 0 spiro atoms. The molecule has 2 amide bonds. The molecule has 0 bridgehead atoms.